The summed E-state index contributed by atoms with van der Waals surface area (Å²) >= 11 is 0. The lowest BCUT2D eigenvalue weighted by molar-refractivity contribution is -0.173. The molecule has 0 fully saturated rings. The Hall–Kier alpha value is -1.02. The Labute approximate surface area is 150 Å². The van der Waals surface area contributed by atoms with Gasteiger partial charge in [0.2, 0.25) is 0 Å². The molecule has 0 unspecified atom stereocenters. The number of hydrogen-bond acceptors (Lipinski definition) is 3. The first kappa shape index (κ1) is 24.0. The molecule has 0 rings (SSSR count). The Bertz CT molecular complexity index is 352. The summed E-state index contributed by atoms with van der Waals surface area (Å²) < 4.78 is 40.4. The van der Waals surface area contributed by atoms with E-state index in [2.05, 4.69) is 53.0 Å². The zero-order chi connectivity index (χ0) is 19.3. The first-order valence-corrected chi connectivity index (χ1v) is 9.09. The standard InChI is InChI=1S/C17H35F3N4O/c1-6-21-16(23-10-8-12-25-13-17(18,19)20)22-9-7-11-24(14(2)3)15(4)5/h14-15H,6-13H2,1-5H3,(H2,21,22,23). The Morgan fingerprint density at radius 1 is 1.08 bits per heavy atom. The molecule has 0 aromatic carbocycles. The molecule has 25 heavy (non-hydrogen) atoms. The summed E-state index contributed by atoms with van der Waals surface area (Å²) in [6.45, 7) is 12.6. The van der Waals surface area contributed by atoms with E-state index >= 15 is 0 Å². The Kier molecular flexibility index (Phi) is 12.7. The molecule has 0 atom stereocenters. The van der Waals surface area contributed by atoms with Crippen LogP contribution in [-0.4, -0.2) is 68.5 Å². The smallest absolute Gasteiger partial charge is 0.372 e. The fourth-order valence-electron chi connectivity index (χ4n) is 2.47. The van der Waals surface area contributed by atoms with Crippen molar-refractivity contribution >= 4 is 5.96 Å². The van der Waals surface area contributed by atoms with E-state index in [1.54, 1.807) is 0 Å². The van der Waals surface area contributed by atoms with Gasteiger partial charge >= 0.3 is 6.18 Å². The number of nitrogens with one attached hydrogen (secondary N) is 2. The van der Waals surface area contributed by atoms with Crippen molar-refractivity contribution in [1.82, 2.24) is 15.5 Å². The molecule has 0 aliphatic heterocycles. The van der Waals surface area contributed by atoms with Crippen molar-refractivity contribution < 1.29 is 17.9 Å². The van der Waals surface area contributed by atoms with Crippen molar-refractivity contribution in [3.05, 3.63) is 0 Å². The predicted molar refractivity (Wildman–Crippen MR) is 97.1 cm³/mol. The molecule has 0 aliphatic carbocycles. The normalized spacial score (nSPS) is 13.2. The molecular weight excluding hydrogens is 333 g/mol. The van der Waals surface area contributed by atoms with Crippen molar-refractivity contribution in [2.24, 2.45) is 4.99 Å². The third kappa shape index (κ3) is 13.9. The van der Waals surface area contributed by atoms with Crippen LogP contribution in [0.4, 0.5) is 13.2 Å². The lowest BCUT2D eigenvalue weighted by Gasteiger charge is -2.30. The van der Waals surface area contributed by atoms with E-state index in [0.29, 0.717) is 31.0 Å². The van der Waals surface area contributed by atoms with Gasteiger partial charge in [0.25, 0.3) is 0 Å². The van der Waals surface area contributed by atoms with Crippen LogP contribution in [0.15, 0.2) is 4.99 Å². The second kappa shape index (κ2) is 13.2. The van der Waals surface area contributed by atoms with Crippen LogP contribution in [0.1, 0.15) is 47.5 Å². The summed E-state index contributed by atoms with van der Waals surface area (Å²) in [5.41, 5.74) is 0. The number of halogens is 3. The van der Waals surface area contributed by atoms with E-state index in [1.165, 1.54) is 0 Å². The van der Waals surface area contributed by atoms with Gasteiger partial charge in [0, 0.05) is 44.9 Å². The van der Waals surface area contributed by atoms with Crippen LogP contribution in [-0.2, 0) is 4.74 Å². The highest BCUT2D eigenvalue weighted by molar-refractivity contribution is 5.79. The molecule has 0 aromatic rings. The summed E-state index contributed by atoms with van der Waals surface area (Å²) in [5.74, 6) is 0.693. The van der Waals surface area contributed by atoms with Crippen molar-refractivity contribution in [2.45, 2.75) is 65.7 Å². The average Bonchev–Trinajstić information content (AvgIpc) is 2.48. The predicted octanol–water partition coefficient (Wildman–Crippen LogP) is 3.02. The lowest BCUT2D eigenvalue weighted by atomic mass is 10.2. The fraction of sp³-hybridized carbons (Fsp3) is 0.941. The highest BCUT2D eigenvalue weighted by atomic mass is 19.4. The second-order valence-electron chi connectivity index (χ2n) is 6.49. The first-order valence-electron chi connectivity index (χ1n) is 9.09. The van der Waals surface area contributed by atoms with Crippen LogP contribution >= 0.6 is 0 Å². The number of aliphatic imine (C=N–C) groups is 1. The van der Waals surface area contributed by atoms with Gasteiger partial charge in [-0.15, -0.1) is 0 Å². The molecule has 5 nitrogen and oxygen atoms in total. The Morgan fingerprint density at radius 3 is 2.24 bits per heavy atom. The Balaban J connectivity index is 4.03. The fourth-order valence-corrected chi connectivity index (χ4v) is 2.47. The molecule has 150 valence electrons. The third-order valence-corrected chi connectivity index (χ3v) is 3.54. The number of alkyl halides is 3. The maximum absolute atomic E-state index is 11.9. The van der Waals surface area contributed by atoms with Crippen LogP contribution in [0, 0.1) is 0 Å². The van der Waals surface area contributed by atoms with Gasteiger partial charge in [0.05, 0.1) is 0 Å². The summed E-state index contributed by atoms with van der Waals surface area (Å²) in [6, 6.07) is 1.03. The van der Waals surface area contributed by atoms with Crippen LogP contribution in [0.5, 0.6) is 0 Å². The van der Waals surface area contributed by atoms with Crippen LogP contribution in [0.2, 0.25) is 0 Å². The van der Waals surface area contributed by atoms with Gasteiger partial charge in [0.1, 0.15) is 6.61 Å². The van der Waals surface area contributed by atoms with Gasteiger partial charge in [-0.2, -0.15) is 13.2 Å². The summed E-state index contributed by atoms with van der Waals surface area (Å²) in [7, 11) is 0. The van der Waals surface area contributed by atoms with Gasteiger partial charge < -0.3 is 15.4 Å². The van der Waals surface area contributed by atoms with Crippen molar-refractivity contribution in [1.29, 1.82) is 0 Å². The van der Waals surface area contributed by atoms with Gasteiger partial charge in [-0.3, -0.25) is 9.89 Å². The number of nitrogens with zero attached hydrogens (tertiary/aromatic N) is 2. The topological polar surface area (TPSA) is 48.9 Å². The van der Waals surface area contributed by atoms with Gasteiger partial charge in [-0.25, -0.2) is 0 Å². The van der Waals surface area contributed by atoms with E-state index in [4.69, 9.17) is 0 Å². The third-order valence-electron chi connectivity index (χ3n) is 3.54. The molecule has 0 spiro atoms. The average molecular weight is 368 g/mol. The molecule has 0 amide bonds. The molecule has 8 heteroatoms. The maximum Gasteiger partial charge on any atom is 0.411 e. The highest BCUT2D eigenvalue weighted by Crippen LogP contribution is 2.14. The largest absolute Gasteiger partial charge is 0.411 e. The Morgan fingerprint density at radius 2 is 1.72 bits per heavy atom. The summed E-state index contributed by atoms with van der Waals surface area (Å²) in [6.07, 6.45) is -2.81. The number of guanidine groups is 1. The molecule has 0 aromatic heterocycles. The van der Waals surface area contributed by atoms with Gasteiger partial charge in [-0.05, 0) is 47.5 Å². The zero-order valence-corrected chi connectivity index (χ0v) is 16.2. The molecular formula is C17H35F3N4O. The SMILES string of the molecule is CCNC(=NCCCOCC(F)(F)F)NCCCN(C(C)C)C(C)C. The summed E-state index contributed by atoms with van der Waals surface area (Å²) in [4.78, 5) is 6.79. The van der Waals surface area contributed by atoms with Crippen molar-refractivity contribution in [3.63, 3.8) is 0 Å². The zero-order valence-electron chi connectivity index (χ0n) is 16.2. The molecule has 0 saturated carbocycles. The van der Waals surface area contributed by atoms with Crippen LogP contribution in [0.3, 0.4) is 0 Å². The lowest BCUT2D eigenvalue weighted by Crippen LogP contribution is -2.41. The van der Waals surface area contributed by atoms with Gasteiger partial charge in [0.15, 0.2) is 5.96 Å². The van der Waals surface area contributed by atoms with Crippen molar-refractivity contribution in [2.75, 3.05) is 39.4 Å². The number of hydrogen-bond donors (Lipinski definition) is 2. The van der Waals surface area contributed by atoms with Crippen molar-refractivity contribution in [3.8, 4) is 0 Å². The minimum atomic E-state index is -4.26. The van der Waals surface area contributed by atoms with E-state index in [1.807, 2.05) is 6.92 Å². The minimum Gasteiger partial charge on any atom is -0.372 e. The molecule has 0 aliphatic rings. The van der Waals surface area contributed by atoms with E-state index in [-0.39, 0.29) is 6.61 Å². The van der Waals surface area contributed by atoms with E-state index in [0.717, 1.165) is 26.1 Å². The van der Waals surface area contributed by atoms with E-state index < -0.39 is 12.8 Å². The summed E-state index contributed by atoms with van der Waals surface area (Å²) in [5, 5.41) is 6.40. The number of ether oxygens (including phenoxy) is 1. The second-order valence-corrected chi connectivity index (χ2v) is 6.49. The molecule has 0 heterocycles. The first-order chi connectivity index (χ1) is 11.7. The molecule has 0 saturated heterocycles. The molecule has 0 radical (unpaired) electrons. The molecule has 0 bridgehead atoms. The molecule has 2 N–H and O–H groups in total. The maximum atomic E-state index is 11.9. The van der Waals surface area contributed by atoms with Crippen LogP contribution in [0.25, 0.3) is 0 Å². The van der Waals surface area contributed by atoms with Gasteiger partial charge in [-0.1, -0.05) is 0 Å². The quantitative estimate of drug-likeness (QED) is 0.316. The monoisotopic (exact) mass is 368 g/mol. The van der Waals surface area contributed by atoms with Crippen LogP contribution < -0.4 is 10.6 Å². The highest BCUT2D eigenvalue weighted by Gasteiger charge is 2.27. The van der Waals surface area contributed by atoms with E-state index in [9.17, 15) is 13.2 Å². The number of rotatable bonds is 12. The minimum absolute atomic E-state index is 0.0557.